The van der Waals surface area contributed by atoms with E-state index in [1.165, 1.54) is 11.8 Å². The molecule has 3 aromatic rings. The Morgan fingerprint density at radius 1 is 1.13 bits per heavy atom. The van der Waals surface area contributed by atoms with Crippen molar-refractivity contribution in [2.24, 2.45) is 0 Å². The van der Waals surface area contributed by atoms with Gasteiger partial charge in [-0.25, -0.2) is 0 Å². The van der Waals surface area contributed by atoms with Crippen molar-refractivity contribution >= 4 is 29.3 Å². The molecule has 1 fully saturated rings. The second-order valence-electron chi connectivity index (χ2n) is 7.06. The smallest absolute Gasteiger partial charge is 0.240 e. The van der Waals surface area contributed by atoms with E-state index in [4.69, 9.17) is 16.3 Å². The number of carbonyl (C=O) groups is 1. The van der Waals surface area contributed by atoms with Crippen LogP contribution in [-0.2, 0) is 16.1 Å². The highest BCUT2D eigenvalue weighted by molar-refractivity contribution is 8.00. The SMILES string of the molecule is C=CCn1c(SC(C(=O)N2CCOCC2)c2ccccc2)nnc1-c1ccc(Cl)cc1. The second-order valence-corrected chi connectivity index (χ2v) is 8.57. The topological polar surface area (TPSA) is 60.2 Å². The van der Waals surface area contributed by atoms with Crippen molar-refractivity contribution in [3.63, 3.8) is 0 Å². The van der Waals surface area contributed by atoms with Crippen molar-refractivity contribution in [3.05, 3.63) is 77.8 Å². The standard InChI is InChI=1S/C23H23ClN4O2S/c1-2-12-28-21(18-8-10-19(24)11-9-18)25-26-23(28)31-20(17-6-4-3-5-7-17)22(29)27-13-15-30-16-14-27/h2-11,20H,1,12-16H2. The van der Waals surface area contributed by atoms with E-state index < -0.39 is 5.25 Å². The molecule has 1 aliphatic rings. The van der Waals surface area contributed by atoms with E-state index in [0.717, 1.165) is 11.1 Å². The minimum absolute atomic E-state index is 0.0562. The number of allylic oxidation sites excluding steroid dienone is 1. The average molecular weight is 455 g/mol. The summed E-state index contributed by atoms with van der Waals surface area (Å²) in [4.78, 5) is 15.3. The minimum atomic E-state index is -0.426. The molecule has 8 heteroatoms. The van der Waals surface area contributed by atoms with Gasteiger partial charge in [0.05, 0.1) is 13.2 Å². The number of benzene rings is 2. The zero-order chi connectivity index (χ0) is 21.6. The summed E-state index contributed by atoms with van der Waals surface area (Å²) in [5.74, 6) is 0.769. The monoisotopic (exact) mass is 454 g/mol. The number of aromatic nitrogens is 3. The summed E-state index contributed by atoms with van der Waals surface area (Å²) in [5, 5.41) is 9.74. The predicted octanol–water partition coefficient (Wildman–Crippen LogP) is 4.48. The number of amides is 1. The van der Waals surface area contributed by atoms with Crippen LogP contribution >= 0.6 is 23.4 Å². The second kappa shape index (κ2) is 10.1. The van der Waals surface area contributed by atoms with Gasteiger partial charge < -0.3 is 9.64 Å². The predicted molar refractivity (Wildman–Crippen MR) is 123 cm³/mol. The molecule has 1 atom stereocenters. The maximum atomic E-state index is 13.4. The van der Waals surface area contributed by atoms with Gasteiger partial charge in [0.2, 0.25) is 5.91 Å². The average Bonchev–Trinajstić information content (AvgIpc) is 3.21. The van der Waals surface area contributed by atoms with E-state index in [1.54, 1.807) is 6.08 Å². The molecule has 0 radical (unpaired) electrons. The first-order valence-corrected chi connectivity index (χ1v) is 11.3. The number of thioether (sulfide) groups is 1. The normalized spacial score (nSPS) is 14.9. The first-order valence-electron chi connectivity index (χ1n) is 10.1. The molecule has 2 aromatic carbocycles. The van der Waals surface area contributed by atoms with Gasteiger partial charge in [0.25, 0.3) is 0 Å². The van der Waals surface area contributed by atoms with Crippen LogP contribution in [0.25, 0.3) is 11.4 Å². The fourth-order valence-electron chi connectivity index (χ4n) is 3.43. The summed E-state index contributed by atoms with van der Waals surface area (Å²) in [5.41, 5.74) is 1.84. The molecule has 1 unspecified atom stereocenters. The molecule has 31 heavy (non-hydrogen) atoms. The van der Waals surface area contributed by atoms with Crippen LogP contribution < -0.4 is 0 Å². The lowest BCUT2D eigenvalue weighted by Gasteiger charge is -2.30. The molecule has 0 spiro atoms. The van der Waals surface area contributed by atoms with E-state index in [1.807, 2.05) is 64.1 Å². The first kappa shape index (κ1) is 21.6. The molecule has 4 rings (SSSR count). The molecule has 0 aliphatic carbocycles. The molecule has 6 nitrogen and oxygen atoms in total. The fraction of sp³-hybridized carbons (Fsp3) is 0.261. The minimum Gasteiger partial charge on any atom is -0.378 e. The van der Waals surface area contributed by atoms with E-state index >= 15 is 0 Å². The highest BCUT2D eigenvalue weighted by Gasteiger charge is 2.30. The van der Waals surface area contributed by atoms with Crippen LogP contribution in [0.3, 0.4) is 0 Å². The zero-order valence-electron chi connectivity index (χ0n) is 17.0. The Hall–Kier alpha value is -2.61. The number of hydrogen-bond acceptors (Lipinski definition) is 5. The van der Waals surface area contributed by atoms with E-state index in [0.29, 0.717) is 48.9 Å². The number of hydrogen-bond donors (Lipinski definition) is 0. The third-order valence-corrected chi connectivity index (χ3v) is 6.48. The van der Waals surface area contributed by atoms with Gasteiger partial charge in [0, 0.05) is 30.2 Å². The van der Waals surface area contributed by atoms with Gasteiger partial charge >= 0.3 is 0 Å². The van der Waals surface area contributed by atoms with Gasteiger partial charge in [-0.3, -0.25) is 9.36 Å². The Morgan fingerprint density at radius 3 is 2.52 bits per heavy atom. The molecule has 1 saturated heterocycles. The Morgan fingerprint density at radius 2 is 1.84 bits per heavy atom. The van der Waals surface area contributed by atoms with Crippen LogP contribution in [0.15, 0.2) is 72.4 Å². The maximum absolute atomic E-state index is 13.4. The van der Waals surface area contributed by atoms with E-state index in [9.17, 15) is 4.79 Å². The first-order chi connectivity index (χ1) is 15.2. The lowest BCUT2D eigenvalue weighted by Crippen LogP contribution is -2.42. The van der Waals surface area contributed by atoms with Crippen LogP contribution in [-0.4, -0.2) is 51.9 Å². The number of carbonyl (C=O) groups excluding carboxylic acids is 1. The van der Waals surface area contributed by atoms with Crippen LogP contribution in [0.4, 0.5) is 0 Å². The molecule has 0 saturated carbocycles. The number of halogens is 1. The summed E-state index contributed by atoms with van der Waals surface area (Å²) in [6.07, 6.45) is 1.80. The maximum Gasteiger partial charge on any atom is 0.240 e. The van der Waals surface area contributed by atoms with Crippen LogP contribution in [0.2, 0.25) is 5.02 Å². The molecular weight excluding hydrogens is 432 g/mol. The van der Waals surface area contributed by atoms with E-state index in [-0.39, 0.29) is 5.91 Å². The molecule has 0 N–H and O–H groups in total. The van der Waals surface area contributed by atoms with Crippen LogP contribution in [0.5, 0.6) is 0 Å². The molecule has 1 amide bonds. The van der Waals surface area contributed by atoms with E-state index in [2.05, 4.69) is 16.8 Å². The molecule has 160 valence electrons. The van der Waals surface area contributed by atoms with Gasteiger partial charge in [-0.05, 0) is 29.8 Å². The Labute approximate surface area is 190 Å². The third kappa shape index (κ3) is 5.01. The quantitative estimate of drug-likeness (QED) is 0.389. The van der Waals surface area contributed by atoms with Crippen molar-refractivity contribution in [3.8, 4) is 11.4 Å². The largest absolute Gasteiger partial charge is 0.378 e. The van der Waals surface area contributed by atoms with Gasteiger partial charge in [0.1, 0.15) is 5.25 Å². The number of nitrogens with zero attached hydrogens (tertiary/aromatic N) is 4. The molecule has 0 bridgehead atoms. The summed E-state index contributed by atoms with van der Waals surface area (Å²) in [6.45, 7) is 6.72. The Balaban J connectivity index is 1.68. The van der Waals surface area contributed by atoms with Crippen LogP contribution in [0.1, 0.15) is 10.8 Å². The van der Waals surface area contributed by atoms with Crippen molar-refractivity contribution < 1.29 is 9.53 Å². The Kier molecular flexibility index (Phi) is 7.06. The molecule has 1 aromatic heterocycles. The Bertz CT molecular complexity index is 1030. The van der Waals surface area contributed by atoms with Crippen molar-refractivity contribution in [1.82, 2.24) is 19.7 Å². The lowest BCUT2D eigenvalue weighted by molar-refractivity contribution is -0.134. The fourth-order valence-corrected chi connectivity index (χ4v) is 4.68. The van der Waals surface area contributed by atoms with Gasteiger partial charge in [-0.15, -0.1) is 16.8 Å². The van der Waals surface area contributed by atoms with Crippen LogP contribution in [0, 0.1) is 0 Å². The van der Waals surface area contributed by atoms with Crippen molar-refractivity contribution in [2.75, 3.05) is 26.3 Å². The number of morpholine rings is 1. The van der Waals surface area contributed by atoms with Gasteiger partial charge in [0.15, 0.2) is 11.0 Å². The molecule has 1 aliphatic heterocycles. The highest BCUT2D eigenvalue weighted by Crippen LogP contribution is 2.37. The number of rotatable bonds is 7. The van der Waals surface area contributed by atoms with Crippen molar-refractivity contribution in [2.45, 2.75) is 17.0 Å². The summed E-state index contributed by atoms with van der Waals surface area (Å²) in [7, 11) is 0. The zero-order valence-corrected chi connectivity index (χ0v) is 18.6. The van der Waals surface area contributed by atoms with Gasteiger partial charge in [-0.2, -0.15) is 0 Å². The summed E-state index contributed by atoms with van der Waals surface area (Å²) in [6, 6.07) is 17.3. The lowest BCUT2D eigenvalue weighted by atomic mass is 10.1. The molecular formula is C23H23ClN4O2S. The molecule has 2 heterocycles. The third-order valence-electron chi connectivity index (χ3n) is 5.00. The number of ether oxygens (including phenoxy) is 1. The summed E-state index contributed by atoms with van der Waals surface area (Å²) < 4.78 is 7.39. The highest BCUT2D eigenvalue weighted by atomic mass is 35.5. The van der Waals surface area contributed by atoms with Crippen molar-refractivity contribution in [1.29, 1.82) is 0 Å². The van der Waals surface area contributed by atoms with Gasteiger partial charge in [-0.1, -0.05) is 59.8 Å². The summed E-state index contributed by atoms with van der Waals surface area (Å²) >= 11 is 7.45.